The van der Waals surface area contributed by atoms with E-state index in [1.165, 1.54) is 30.5 Å². The molecule has 0 aliphatic heterocycles. The minimum atomic E-state index is -3.85. The van der Waals surface area contributed by atoms with Crippen LogP contribution >= 0.6 is 15.9 Å². The van der Waals surface area contributed by atoms with Crippen molar-refractivity contribution in [3.05, 3.63) is 64.1 Å². The fraction of sp³-hybridized carbons (Fsp3) is 0.462. The molecule has 2 aromatic rings. The molecule has 190 valence electrons. The minimum Gasteiger partial charge on any atom is -0.352 e. The van der Waals surface area contributed by atoms with Crippen molar-refractivity contribution in [1.29, 1.82) is 0 Å². The van der Waals surface area contributed by atoms with E-state index in [2.05, 4.69) is 21.2 Å². The van der Waals surface area contributed by atoms with Gasteiger partial charge in [-0.25, -0.2) is 8.42 Å². The molecule has 1 saturated carbocycles. The Bertz CT molecular complexity index is 1110. The molecule has 2 aromatic carbocycles. The van der Waals surface area contributed by atoms with Gasteiger partial charge < -0.3 is 10.2 Å². The van der Waals surface area contributed by atoms with E-state index < -0.39 is 22.0 Å². The number of halogens is 1. The van der Waals surface area contributed by atoms with Gasteiger partial charge in [0.05, 0.1) is 11.4 Å². The molecule has 1 atom stereocenters. The Kier molecular flexibility index (Phi) is 9.49. The summed E-state index contributed by atoms with van der Waals surface area (Å²) in [6, 6.07) is 13.4. The molecule has 1 aliphatic carbocycles. The van der Waals surface area contributed by atoms with E-state index in [0.29, 0.717) is 0 Å². The predicted molar refractivity (Wildman–Crippen MR) is 140 cm³/mol. The van der Waals surface area contributed by atoms with Crippen LogP contribution in [-0.4, -0.2) is 55.1 Å². The normalized spacial score (nSPS) is 15.6. The second kappa shape index (κ2) is 12.1. The first-order valence-corrected chi connectivity index (χ1v) is 14.2. The number of rotatable bonds is 9. The summed E-state index contributed by atoms with van der Waals surface area (Å²) in [6.07, 6.45) is 5.23. The number of nitrogens with zero attached hydrogens (tertiary/aromatic N) is 2. The molecule has 0 bridgehead atoms. The third-order valence-electron chi connectivity index (χ3n) is 6.47. The van der Waals surface area contributed by atoms with Crippen LogP contribution in [0.2, 0.25) is 0 Å². The largest absolute Gasteiger partial charge is 0.352 e. The first kappa shape index (κ1) is 27.4. The van der Waals surface area contributed by atoms with Gasteiger partial charge in [0, 0.05) is 24.1 Å². The van der Waals surface area contributed by atoms with Gasteiger partial charge in [0.2, 0.25) is 21.8 Å². The summed E-state index contributed by atoms with van der Waals surface area (Å²) < 4.78 is 28.0. The zero-order chi connectivity index (χ0) is 25.6. The fourth-order valence-corrected chi connectivity index (χ4v) is 5.58. The van der Waals surface area contributed by atoms with Gasteiger partial charge in [-0.3, -0.25) is 9.59 Å². The molecule has 0 heterocycles. The van der Waals surface area contributed by atoms with Gasteiger partial charge >= 0.3 is 0 Å². The van der Waals surface area contributed by atoms with Crippen molar-refractivity contribution in [2.45, 2.75) is 69.5 Å². The Morgan fingerprint density at radius 3 is 2.23 bits per heavy atom. The molecule has 0 saturated heterocycles. The smallest absolute Gasteiger partial charge is 0.243 e. The number of aryl methyl sites for hydroxylation is 1. The van der Waals surface area contributed by atoms with Crippen LogP contribution < -0.4 is 5.32 Å². The molecule has 7 nitrogen and oxygen atoms in total. The Morgan fingerprint density at radius 2 is 1.63 bits per heavy atom. The van der Waals surface area contributed by atoms with Crippen LogP contribution in [0.5, 0.6) is 0 Å². The molecule has 35 heavy (non-hydrogen) atoms. The molecule has 1 aliphatic rings. The van der Waals surface area contributed by atoms with Gasteiger partial charge in [0.25, 0.3) is 0 Å². The standard InChI is InChI=1S/C26H34BrN3O4S/c1-19-9-15-24(16-10-19)35(33,34)29(3)18-25(31)30(17-21-11-13-22(27)14-12-21)20(2)26(32)28-23-7-5-4-6-8-23/h9-16,20,23H,4-8,17-18H2,1-3H3,(H,28,32)/t20-/m0/s1. The molecule has 0 spiro atoms. The topological polar surface area (TPSA) is 86.8 Å². The lowest BCUT2D eigenvalue weighted by Gasteiger charge is -2.32. The molecule has 0 aromatic heterocycles. The Balaban J connectivity index is 1.78. The second-order valence-corrected chi connectivity index (χ2v) is 12.2. The molecule has 1 fully saturated rings. The van der Waals surface area contributed by atoms with Crippen LogP contribution in [0, 0.1) is 6.92 Å². The van der Waals surface area contributed by atoms with Gasteiger partial charge in [0.1, 0.15) is 6.04 Å². The molecule has 3 rings (SSSR count). The zero-order valence-corrected chi connectivity index (χ0v) is 22.9. The van der Waals surface area contributed by atoms with Crippen molar-refractivity contribution in [3.8, 4) is 0 Å². The van der Waals surface area contributed by atoms with E-state index in [1.54, 1.807) is 19.1 Å². The molecule has 2 amide bonds. The predicted octanol–water partition coefficient (Wildman–Crippen LogP) is 4.24. The van der Waals surface area contributed by atoms with Gasteiger partial charge in [-0.05, 0) is 56.5 Å². The maximum absolute atomic E-state index is 13.4. The molecular weight excluding hydrogens is 530 g/mol. The molecule has 1 N–H and O–H groups in total. The van der Waals surface area contributed by atoms with Crippen LogP contribution in [0.25, 0.3) is 0 Å². The maximum atomic E-state index is 13.4. The number of sulfonamides is 1. The number of benzene rings is 2. The van der Waals surface area contributed by atoms with Crippen LogP contribution in [0.1, 0.15) is 50.2 Å². The number of carbonyl (C=O) groups is 2. The minimum absolute atomic E-state index is 0.118. The molecule has 0 unspecified atom stereocenters. The van der Waals surface area contributed by atoms with Gasteiger partial charge in [-0.15, -0.1) is 0 Å². The number of carbonyl (C=O) groups excluding carboxylic acids is 2. The van der Waals surface area contributed by atoms with Crippen LogP contribution in [-0.2, 0) is 26.2 Å². The number of hydrogen-bond donors (Lipinski definition) is 1. The zero-order valence-electron chi connectivity index (χ0n) is 20.5. The van der Waals surface area contributed by atoms with E-state index in [4.69, 9.17) is 0 Å². The van der Waals surface area contributed by atoms with Gasteiger partial charge in [0.15, 0.2) is 0 Å². The highest BCUT2D eigenvalue weighted by molar-refractivity contribution is 9.10. The summed E-state index contributed by atoms with van der Waals surface area (Å²) in [5.41, 5.74) is 1.80. The number of amides is 2. The first-order valence-electron chi connectivity index (χ1n) is 11.9. The van der Waals surface area contributed by atoms with Gasteiger partial charge in [-0.2, -0.15) is 4.31 Å². The number of nitrogens with one attached hydrogen (secondary N) is 1. The third kappa shape index (κ3) is 7.38. The molecular formula is C26H34BrN3O4S. The summed E-state index contributed by atoms with van der Waals surface area (Å²) in [4.78, 5) is 28.1. The molecule has 0 radical (unpaired) electrons. The van der Waals surface area contributed by atoms with Crippen LogP contribution in [0.4, 0.5) is 0 Å². The van der Waals surface area contributed by atoms with Gasteiger partial charge in [-0.1, -0.05) is 65.0 Å². The van der Waals surface area contributed by atoms with E-state index in [0.717, 1.165) is 45.6 Å². The van der Waals surface area contributed by atoms with Crippen molar-refractivity contribution in [3.63, 3.8) is 0 Å². The lowest BCUT2D eigenvalue weighted by atomic mass is 9.95. The van der Waals surface area contributed by atoms with E-state index in [-0.39, 0.29) is 29.9 Å². The third-order valence-corrected chi connectivity index (χ3v) is 8.82. The van der Waals surface area contributed by atoms with E-state index >= 15 is 0 Å². The van der Waals surface area contributed by atoms with Crippen molar-refractivity contribution < 1.29 is 18.0 Å². The second-order valence-electron chi connectivity index (χ2n) is 9.24. The summed E-state index contributed by atoms with van der Waals surface area (Å²) in [7, 11) is -2.47. The summed E-state index contributed by atoms with van der Waals surface area (Å²) in [6.45, 7) is 3.41. The van der Waals surface area contributed by atoms with Crippen LogP contribution in [0.3, 0.4) is 0 Å². The highest BCUT2D eigenvalue weighted by atomic mass is 79.9. The quantitative estimate of drug-likeness (QED) is 0.494. The SMILES string of the molecule is Cc1ccc(S(=O)(=O)N(C)CC(=O)N(Cc2ccc(Br)cc2)[C@@H](C)C(=O)NC2CCCCC2)cc1. The van der Waals surface area contributed by atoms with E-state index in [9.17, 15) is 18.0 Å². The van der Waals surface area contributed by atoms with Crippen molar-refractivity contribution in [1.82, 2.24) is 14.5 Å². The van der Waals surface area contributed by atoms with E-state index in [1.807, 2.05) is 31.2 Å². The van der Waals surface area contributed by atoms with Crippen LogP contribution in [0.15, 0.2) is 57.9 Å². The average molecular weight is 565 g/mol. The number of hydrogen-bond acceptors (Lipinski definition) is 4. The summed E-state index contributed by atoms with van der Waals surface area (Å²) in [5.74, 6) is -0.649. The lowest BCUT2D eigenvalue weighted by Crippen LogP contribution is -2.52. The Labute approximate surface area is 217 Å². The first-order chi connectivity index (χ1) is 16.6. The summed E-state index contributed by atoms with van der Waals surface area (Å²) in [5, 5.41) is 3.09. The maximum Gasteiger partial charge on any atom is 0.243 e. The van der Waals surface area contributed by atoms with Crippen molar-refractivity contribution >= 4 is 37.8 Å². The monoisotopic (exact) mass is 563 g/mol. The Morgan fingerprint density at radius 1 is 1.03 bits per heavy atom. The lowest BCUT2D eigenvalue weighted by molar-refractivity contribution is -0.141. The Hall–Kier alpha value is -2.23. The molecule has 9 heteroatoms. The fourth-order valence-electron chi connectivity index (χ4n) is 4.19. The van der Waals surface area contributed by atoms with Crippen molar-refractivity contribution in [2.75, 3.05) is 13.6 Å². The average Bonchev–Trinajstić information content (AvgIpc) is 2.84. The highest BCUT2D eigenvalue weighted by Gasteiger charge is 2.31. The number of likely N-dealkylation sites (N-methyl/N-ethyl adjacent to an activating group) is 1. The van der Waals surface area contributed by atoms with Crippen molar-refractivity contribution in [2.24, 2.45) is 0 Å². The summed E-state index contributed by atoms with van der Waals surface area (Å²) >= 11 is 3.41. The highest BCUT2D eigenvalue weighted by Crippen LogP contribution is 2.20.